The second-order valence-electron chi connectivity index (χ2n) is 7.14. The molecule has 1 aromatic heterocycles. The summed E-state index contributed by atoms with van der Waals surface area (Å²) in [6.07, 6.45) is 4.05. The summed E-state index contributed by atoms with van der Waals surface area (Å²) in [5.74, 6) is 3.70. The van der Waals surface area contributed by atoms with Crippen LogP contribution in [0.15, 0.2) is 36.5 Å². The first-order valence-corrected chi connectivity index (χ1v) is 11.3. The number of benzene rings is 1. The third-order valence-corrected chi connectivity index (χ3v) is 7.43. The van der Waals surface area contributed by atoms with Gasteiger partial charge in [0.1, 0.15) is 5.82 Å². The van der Waals surface area contributed by atoms with E-state index < -0.39 is 0 Å². The number of anilines is 1. The monoisotopic (exact) mass is 389 g/mol. The van der Waals surface area contributed by atoms with Crippen molar-refractivity contribution in [1.82, 2.24) is 9.78 Å². The molecule has 1 aromatic carbocycles. The van der Waals surface area contributed by atoms with Gasteiger partial charge in [0.05, 0.1) is 16.8 Å². The van der Waals surface area contributed by atoms with Crippen molar-refractivity contribution in [2.75, 3.05) is 16.8 Å². The third kappa shape index (κ3) is 4.86. The van der Waals surface area contributed by atoms with Gasteiger partial charge in [-0.05, 0) is 54.9 Å². The Hall–Kier alpha value is -1.40. The molecule has 1 saturated heterocycles. The van der Waals surface area contributed by atoms with Crippen molar-refractivity contribution in [1.29, 1.82) is 0 Å². The molecule has 4 nitrogen and oxygen atoms in total. The highest BCUT2D eigenvalue weighted by molar-refractivity contribution is 8.16. The maximum absolute atomic E-state index is 12.6. The van der Waals surface area contributed by atoms with E-state index in [4.69, 9.17) is 0 Å². The fraction of sp³-hybridized carbons (Fsp3) is 0.500. The average molecular weight is 390 g/mol. The molecule has 1 atom stereocenters. The number of carbonyl (C=O) groups is 1. The molecule has 3 rings (SSSR count). The molecule has 0 aliphatic carbocycles. The zero-order valence-electron chi connectivity index (χ0n) is 15.6. The minimum Gasteiger partial charge on any atom is -0.307 e. The fourth-order valence-corrected chi connectivity index (χ4v) is 6.10. The van der Waals surface area contributed by atoms with Gasteiger partial charge in [0.25, 0.3) is 5.91 Å². The Labute approximate surface area is 164 Å². The number of carbonyl (C=O) groups excluding carboxylic acids is 1. The van der Waals surface area contributed by atoms with Gasteiger partial charge in [-0.2, -0.15) is 5.10 Å². The number of thioether (sulfide) groups is 2. The van der Waals surface area contributed by atoms with Gasteiger partial charge in [-0.15, -0.1) is 23.5 Å². The minimum atomic E-state index is -0.0843. The number of rotatable bonds is 6. The normalized spacial score (nSPS) is 16.6. The molecule has 0 radical (unpaired) electrons. The SMILES string of the molecule is CC(C)C[C@H](C)n1nccc1NC(=O)c1ccc(C2SCCCS2)cc1. The average Bonchev–Trinajstić information content (AvgIpc) is 3.10. The third-order valence-electron chi connectivity index (χ3n) is 4.41. The molecule has 1 N–H and O–H groups in total. The van der Waals surface area contributed by atoms with Crippen LogP contribution in [0.1, 0.15) is 60.2 Å². The largest absolute Gasteiger partial charge is 0.307 e. The molecular weight excluding hydrogens is 362 g/mol. The van der Waals surface area contributed by atoms with Gasteiger partial charge >= 0.3 is 0 Å². The summed E-state index contributed by atoms with van der Waals surface area (Å²) in [6.45, 7) is 6.53. The van der Waals surface area contributed by atoms with Crippen LogP contribution in [-0.4, -0.2) is 27.2 Å². The Morgan fingerprint density at radius 3 is 2.54 bits per heavy atom. The standard InChI is InChI=1S/C20H27N3OS2/c1-14(2)13-15(3)23-18(9-10-21-23)22-19(24)16-5-7-17(8-6-16)20-25-11-4-12-26-20/h5-10,14-15,20H,4,11-13H2,1-3H3,(H,22,24)/t15-/m0/s1. The van der Waals surface area contributed by atoms with Crippen molar-refractivity contribution >= 4 is 35.2 Å². The molecule has 1 aliphatic rings. The molecule has 140 valence electrons. The van der Waals surface area contributed by atoms with Gasteiger partial charge < -0.3 is 5.32 Å². The number of aromatic nitrogens is 2. The number of hydrogen-bond donors (Lipinski definition) is 1. The van der Waals surface area contributed by atoms with Crippen LogP contribution in [0, 0.1) is 5.92 Å². The molecule has 1 fully saturated rings. The number of hydrogen-bond acceptors (Lipinski definition) is 4. The van der Waals surface area contributed by atoms with Crippen LogP contribution in [-0.2, 0) is 0 Å². The lowest BCUT2D eigenvalue weighted by molar-refractivity contribution is 0.102. The summed E-state index contributed by atoms with van der Waals surface area (Å²) in [7, 11) is 0. The molecule has 2 heterocycles. The summed E-state index contributed by atoms with van der Waals surface area (Å²) in [6, 6.07) is 10.1. The molecule has 0 spiro atoms. The van der Waals surface area contributed by atoms with Crippen LogP contribution in [0.25, 0.3) is 0 Å². The fourth-order valence-electron chi connectivity index (χ4n) is 3.21. The zero-order chi connectivity index (χ0) is 18.5. The van der Waals surface area contributed by atoms with Gasteiger partial charge in [-0.3, -0.25) is 4.79 Å². The van der Waals surface area contributed by atoms with Crippen LogP contribution in [0.4, 0.5) is 5.82 Å². The van der Waals surface area contributed by atoms with Gasteiger partial charge in [-0.1, -0.05) is 26.0 Å². The number of nitrogens with one attached hydrogen (secondary N) is 1. The summed E-state index contributed by atoms with van der Waals surface area (Å²) in [5, 5.41) is 7.40. The van der Waals surface area contributed by atoms with E-state index in [0.717, 1.165) is 12.2 Å². The second-order valence-corrected chi connectivity index (χ2v) is 9.87. The molecule has 26 heavy (non-hydrogen) atoms. The predicted molar refractivity (Wildman–Crippen MR) is 113 cm³/mol. The van der Waals surface area contributed by atoms with E-state index >= 15 is 0 Å². The molecule has 0 unspecified atom stereocenters. The lowest BCUT2D eigenvalue weighted by Crippen LogP contribution is -2.18. The zero-order valence-corrected chi connectivity index (χ0v) is 17.3. The first kappa shape index (κ1) is 19.4. The van der Waals surface area contributed by atoms with Crippen molar-refractivity contribution in [3.05, 3.63) is 47.7 Å². The summed E-state index contributed by atoms with van der Waals surface area (Å²) < 4.78 is 2.40. The van der Waals surface area contributed by atoms with E-state index in [0.29, 0.717) is 16.1 Å². The van der Waals surface area contributed by atoms with Gasteiger partial charge in [0.2, 0.25) is 0 Å². The Bertz CT molecular complexity index is 721. The predicted octanol–water partition coefficient (Wildman–Crippen LogP) is 5.61. The molecular formula is C20H27N3OS2. The summed E-state index contributed by atoms with van der Waals surface area (Å²) in [5.41, 5.74) is 1.98. The second kappa shape index (κ2) is 9.00. The van der Waals surface area contributed by atoms with E-state index in [-0.39, 0.29) is 11.9 Å². The van der Waals surface area contributed by atoms with Crippen LogP contribution in [0.5, 0.6) is 0 Å². The lowest BCUT2D eigenvalue weighted by Gasteiger charge is -2.21. The molecule has 0 saturated carbocycles. The Kier molecular flexibility index (Phi) is 6.70. The van der Waals surface area contributed by atoms with Crippen molar-refractivity contribution in [2.45, 2.75) is 44.2 Å². The maximum atomic E-state index is 12.6. The van der Waals surface area contributed by atoms with Crippen molar-refractivity contribution < 1.29 is 4.79 Å². The van der Waals surface area contributed by atoms with Crippen molar-refractivity contribution in [2.24, 2.45) is 5.92 Å². The Balaban J connectivity index is 1.66. The van der Waals surface area contributed by atoms with Gasteiger partial charge in [0.15, 0.2) is 0 Å². The van der Waals surface area contributed by atoms with Crippen LogP contribution >= 0.6 is 23.5 Å². The minimum absolute atomic E-state index is 0.0843. The van der Waals surface area contributed by atoms with Gasteiger partial charge in [-0.25, -0.2) is 4.68 Å². The summed E-state index contributed by atoms with van der Waals surface area (Å²) >= 11 is 3.99. The maximum Gasteiger partial charge on any atom is 0.256 e. The van der Waals surface area contributed by atoms with Crippen molar-refractivity contribution in [3.63, 3.8) is 0 Å². The van der Waals surface area contributed by atoms with Crippen LogP contribution < -0.4 is 5.32 Å². The summed E-state index contributed by atoms with van der Waals surface area (Å²) in [4.78, 5) is 12.6. The van der Waals surface area contributed by atoms with Crippen LogP contribution in [0.3, 0.4) is 0 Å². The van der Waals surface area contributed by atoms with Crippen LogP contribution in [0.2, 0.25) is 0 Å². The van der Waals surface area contributed by atoms with E-state index in [1.807, 2.05) is 46.4 Å². The lowest BCUT2D eigenvalue weighted by atomic mass is 10.1. The highest BCUT2D eigenvalue weighted by atomic mass is 32.2. The topological polar surface area (TPSA) is 46.9 Å². The van der Waals surface area contributed by atoms with E-state index in [1.54, 1.807) is 6.20 Å². The van der Waals surface area contributed by atoms with E-state index in [2.05, 4.69) is 43.3 Å². The molecule has 1 amide bonds. The quantitative estimate of drug-likeness (QED) is 0.697. The smallest absolute Gasteiger partial charge is 0.256 e. The van der Waals surface area contributed by atoms with Gasteiger partial charge in [0, 0.05) is 11.6 Å². The molecule has 1 aliphatic heterocycles. The Morgan fingerprint density at radius 1 is 1.19 bits per heavy atom. The highest BCUT2D eigenvalue weighted by Crippen LogP contribution is 2.43. The van der Waals surface area contributed by atoms with E-state index in [1.165, 1.54) is 23.5 Å². The van der Waals surface area contributed by atoms with Crippen molar-refractivity contribution in [3.8, 4) is 0 Å². The molecule has 0 bridgehead atoms. The molecule has 6 heteroatoms. The first-order chi connectivity index (χ1) is 12.5. The molecule has 2 aromatic rings. The first-order valence-electron chi connectivity index (χ1n) is 9.22. The number of nitrogens with zero attached hydrogens (tertiary/aromatic N) is 2. The highest BCUT2D eigenvalue weighted by Gasteiger charge is 2.18. The Morgan fingerprint density at radius 2 is 1.88 bits per heavy atom. The van der Waals surface area contributed by atoms with E-state index in [9.17, 15) is 4.79 Å². The number of amides is 1.